The minimum Gasteiger partial charge on any atom is -0.411 e. The molecule has 0 amide bonds. The molecule has 3 heterocycles. The zero-order valence-electron chi connectivity index (χ0n) is 17.9. The molecular weight excluding hydrogens is 414 g/mol. The van der Waals surface area contributed by atoms with Gasteiger partial charge in [0.05, 0.1) is 24.3 Å². The third-order valence-electron chi connectivity index (χ3n) is 5.87. The second kappa shape index (κ2) is 9.00. The molecule has 166 valence electrons. The molecule has 0 bridgehead atoms. The number of hydrogen-bond acceptors (Lipinski definition) is 6. The maximum absolute atomic E-state index is 15.2. The first-order chi connectivity index (χ1) is 15.5. The highest BCUT2D eigenvalue weighted by atomic mass is 19.1. The van der Waals surface area contributed by atoms with Gasteiger partial charge < -0.3 is 14.8 Å². The Morgan fingerprint density at radius 3 is 2.47 bits per heavy atom. The van der Waals surface area contributed by atoms with E-state index in [4.69, 9.17) is 4.74 Å². The molecule has 1 fully saturated rings. The van der Waals surface area contributed by atoms with Crippen molar-refractivity contribution in [3.8, 4) is 0 Å². The third-order valence-corrected chi connectivity index (χ3v) is 5.87. The summed E-state index contributed by atoms with van der Waals surface area (Å²) in [5, 5.41) is 13.3. The minimum absolute atomic E-state index is 0.153. The van der Waals surface area contributed by atoms with Crippen LogP contribution in [0.3, 0.4) is 0 Å². The second-order valence-electron chi connectivity index (χ2n) is 7.75. The van der Waals surface area contributed by atoms with Crippen LogP contribution in [0.2, 0.25) is 0 Å². The summed E-state index contributed by atoms with van der Waals surface area (Å²) < 4.78 is 34.4. The van der Waals surface area contributed by atoms with Gasteiger partial charge in [0.25, 0.3) is 0 Å². The normalized spacial score (nSPS) is 16.6. The van der Waals surface area contributed by atoms with E-state index in [1.807, 2.05) is 19.1 Å². The number of rotatable bonds is 5. The van der Waals surface area contributed by atoms with Gasteiger partial charge >= 0.3 is 0 Å². The average molecular weight is 438 g/mol. The average Bonchev–Trinajstić information content (AvgIpc) is 2.81. The Kier molecular flexibility index (Phi) is 6.14. The van der Waals surface area contributed by atoms with Crippen molar-refractivity contribution >= 4 is 11.5 Å². The van der Waals surface area contributed by atoms with Crippen molar-refractivity contribution < 1.29 is 18.7 Å². The molecular formula is C24H24F2N4O2. The highest BCUT2D eigenvalue weighted by molar-refractivity contribution is 5.99. The summed E-state index contributed by atoms with van der Waals surface area (Å²) in [5.41, 5.74) is 0.956. The first kappa shape index (κ1) is 21.8. The molecule has 0 saturated carbocycles. The van der Waals surface area contributed by atoms with E-state index in [-0.39, 0.29) is 11.3 Å². The Hall–Kier alpha value is -3.39. The molecule has 0 radical (unpaired) electrons. The van der Waals surface area contributed by atoms with Gasteiger partial charge in [0.2, 0.25) is 0 Å². The van der Waals surface area contributed by atoms with Crippen LogP contribution < -0.4 is 4.90 Å². The molecule has 1 aliphatic rings. The molecule has 1 atom stereocenters. The fourth-order valence-electron chi connectivity index (χ4n) is 4.33. The van der Waals surface area contributed by atoms with Gasteiger partial charge in [0.15, 0.2) is 0 Å². The Morgan fingerprint density at radius 2 is 1.84 bits per heavy atom. The summed E-state index contributed by atoms with van der Waals surface area (Å²) in [6, 6.07) is 10.6. The van der Waals surface area contributed by atoms with Gasteiger partial charge in [0.1, 0.15) is 17.5 Å². The van der Waals surface area contributed by atoms with Gasteiger partial charge in [-0.25, -0.2) is 13.8 Å². The monoisotopic (exact) mass is 438 g/mol. The largest absolute Gasteiger partial charge is 0.411 e. The van der Waals surface area contributed by atoms with Crippen molar-refractivity contribution in [1.29, 1.82) is 0 Å². The third kappa shape index (κ3) is 3.82. The summed E-state index contributed by atoms with van der Waals surface area (Å²) >= 11 is 0. The molecule has 3 aromatic rings. The molecule has 1 aliphatic heterocycles. The number of aryl methyl sites for hydroxylation is 1. The first-order valence-electron chi connectivity index (χ1n) is 10.3. The van der Waals surface area contributed by atoms with Crippen LogP contribution in [0.5, 0.6) is 0 Å². The van der Waals surface area contributed by atoms with E-state index < -0.39 is 17.0 Å². The summed E-state index contributed by atoms with van der Waals surface area (Å²) in [5.74, 6) is -0.666. The predicted octanol–water partition coefficient (Wildman–Crippen LogP) is 4.08. The fourth-order valence-corrected chi connectivity index (χ4v) is 4.33. The highest BCUT2D eigenvalue weighted by Gasteiger charge is 2.43. The van der Waals surface area contributed by atoms with Crippen molar-refractivity contribution in [2.45, 2.75) is 19.3 Å². The lowest BCUT2D eigenvalue weighted by atomic mass is 9.67. The zero-order chi connectivity index (χ0) is 22.7. The van der Waals surface area contributed by atoms with Crippen LogP contribution in [0.15, 0.2) is 60.0 Å². The molecule has 1 aromatic carbocycles. The van der Waals surface area contributed by atoms with Crippen LogP contribution in [0, 0.1) is 18.6 Å². The van der Waals surface area contributed by atoms with Crippen molar-refractivity contribution in [1.82, 2.24) is 9.97 Å². The van der Waals surface area contributed by atoms with Crippen LogP contribution >= 0.6 is 0 Å². The van der Waals surface area contributed by atoms with Crippen molar-refractivity contribution in [2.75, 3.05) is 31.2 Å². The molecule has 0 aliphatic carbocycles. The zero-order valence-corrected chi connectivity index (χ0v) is 17.9. The van der Waals surface area contributed by atoms with Crippen molar-refractivity contribution in [2.24, 2.45) is 5.16 Å². The number of oxime groups is 1. The molecule has 4 rings (SSSR count). The van der Waals surface area contributed by atoms with Gasteiger partial charge in [-0.3, -0.25) is 4.98 Å². The number of benzene rings is 1. The van der Waals surface area contributed by atoms with Crippen molar-refractivity contribution in [3.05, 3.63) is 88.9 Å². The fraction of sp³-hybridized carbons (Fsp3) is 0.292. The van der Waals surface area contributed by atoms with E-state index >= 15 is 4.39 Å². The van der Waals surface area contributed by atoms with E-state index in [0.29, 0.717) is 30.0 Å². The number of anilines is 1. The summed E-state index contributed by atoms with van der Waals surface area (Å²) in [4.78, 5) is 11.0. The standard InChI is InChI=1S/C24H24F2N4O2/c1-16-13-18(7-8-27-16)24(17(2)29-31,21-5-4-20(25)14-22(21)26)19-3-6-23(28-15-19)30-9-11-32-12-10-30/h3-8,13-15,31H,9-12H2,1-2H3/b29-17-. The van der Waals surface area contributed by atoms with Gasteiger partial charge in [0, 0.05) is 42.8 Å². The van der Waals surface area contributed by atoms with Crippen LogP contribution in [0.25, 0.3) is 0 Å². The van der Waals surface area contributed by atoms with Crippen LogP contribution in [0.1, 0.15) is 29.3 Å². The molecule has 6 nitrogen and oxygen atoms in total. The van der Waals surface area contributed by atoms with Crippen LogP contribution in [0.4, 0.5) is 14.6 Å². The minimum atomic E-state index is -1.34. The Labute approximate surface area is 185 Å². The van der Waals surface area contributed by atoms with Gasteiger partial charge in [-0.2, -0.15) is 0 Å². The topological polar surface area (TPSA) is 70.8 Å². The van der Waals surface area contributed by atoms with E-state index in [1.54, 1.807) is 31.5 Å². The first-order valence-corrected chi connectivity index (χ1v) is 10.3. The second-order valence-corrected chi connectivity index (χ2v) is 7.75. The molecule has 1 N–H and O–H groups in total. The number of halogens is 2. The summed E-state index contributed by atoms with van der Waals surface area (Å²) in [7, 11) is 0. The quantitative estimate of drug-likeness (QED) is 0.369. The van der Waals surface area contributed by atoms with Crippen LogP contribution in [-0.2, 0) is 10.2 Å². The van der Waals surface area contributed by atoms with Gasteiger partial charge in [-0.05, 0) is 49.2 Å². The number of pyridine rings is 2. The van der Waals surface area contributed by atoms with E-state index in [9.17, 15) is 9.60 Å². The number of ether oxygens (including phenoxy) is 1. The van der Waals surface area contributed by atoms with Gasteiger partial charge in [-0.1, -0.05) is 17.3 Å². The number of hydrogen-bond donors (Lipinski definition) is 1. The molecule has 1 unspecified atom stereocenters. The Balaban J connectivity index is 1.96. The van der Waals surface area contributed by atoms with E-state index in [1.165, 1.54) is 12.1 Å². The Morgan fingerprint density at radius 1 is 1.06 bits per heavy atom. The van der Waals surface area contributed by atoms with Crippen LogP contribution in [-0.4, -0.2) is 47.2 Å². The summed E-state index contributed by atoms with van der Waals surface area (Å²) in [6.07, 6.45) is 3.26. The molecule has 2 aromatic heterocycles. The maximum atomic E-state index is 15.2. The molecule has 32 heavy (non-hydrogen) atoms. The van der Waals surface area contributed by atoms with E-state index in [0.717, 1.165) is 25.0 Å². The number of morpholine rings is 1. The smallest absolute Gasteiger partial charge is 0.130 e. The summed E-state index contributed by atoms with van der Waals surface area (Å²) in [6.45, 7) is 6.13. The SMILES string of the molecule is C/C(=N/O)C(c1ccc(N2CCOCC2)nc1)(c1ccnc(C)c1)c1ccc(F)cc1F. The maximum Gasteiger partial charge on any atom is 0.130 e. The lowest BCUT2D eigenvalue weighted by molar-refractivity contribution is 0.122. The van der Waals surface area contributed by atoms with Gasteiger partial charge in [-0.15, -0.1) is 0 Å². The molecule has 0 spiro atoms. The number of nitrogens with zero attached hydrogens (tertiary/aromatic N) is 4. The van der Waals surface area contributed by atoms with Crippen molar-refractivity contribution in [3.63, 3.8) is 0 Å². The highest BCUT2D eigenvalue weighted by Crippen LogP contribution is 2.42. The predicted molar refractivity (Wildman–Crippen MR) is 117 cm³/mol. The lowest BCUT2D eigenvalue weighted by Gasteiger charge is -2.35. The number of aromatic nitrogens is 2. The molecule has 8 heteroatoms. The molecule has 1 saturated heterocycles. The van der Waals surface area contributed by atoms with E-state index in [2.05, 4.69) is 20.0 Å². The Bertz CT molecular complexity index is 1130. The lowest BCUT2D eigenvalue weighted by Crippen LogP contribution is -2.39.